The van der Waals surface area contributed by atoms with Crippen LogP contribution in [0.15, 0.2) is 14.9 Å². The molecule has 0 N–H and O–H groups in total. The highest BCUT2D eigenvalue weighted by Crippen LogP contribution is 2.32. The minimum atomic E-state index is 0.0375. The molecule has 2 aromatic heterocycles. The first-order chi connectivity index (χ1) is 10.6. The maximum absolute atomic E-state index is 12.6. The molecule has 0 radical (unpaired) electrons. The number of hydrogen-bond donors (Lipinski definition) is 0. The number of amides is 1. The molecule has 0 spiro atoms. The van der Waals surface area contributed by atoms with Crippen molar-refractivity contribution in [1.29, 1.82) is 0 Å². The quantitative estimate of drug-likeness (QED) is 0.798. The number of aromatic nitrogens is 3. The Labute approximate surface area is 137 Å². The Balaban J connectivity index is 1.66. The number of carbonyl (C=O) groups is 1. The standard InChI is InChI=1S/C14H18N4O2S2/c1-9-7-11(17-20-9)12-5-3-4-6-18(12)13(19)8-21-14-16-15-10(2)22-14/h7,12H,3-6,8H2,1-2H3/t12-/m1/s1. The van der Waals surface area contributed by atoms with E-state index in [-0.39, 0.29) is 11.9 Å². The average molecular weight is 338 g/mol. The Bertz CT molecular complexity index is 655. The third-order valence-electron chi connectivity index (χ3n) is 3.64. The highest BCUT2D eigenvalue weighted by molar-refractivity contribution is 8.01. The molecule has 3 heterocycles. The molecule has 0 aliphatic carbocycles. The third kappa shape index (κ3) is 3.49. The van der Waals surface area contributed by atoms with Crippen molar-refractivity contribution >= 4 is 29.0 Å². The van der Waals surface area contributed by atoms with Crippen LogP contribution in [0, 0.1) is 13.8 Å². The molecular formula is C14H18N4O2S2. The van der Waals surface area contributed by atoms with E-state index in [4.69, 9.17) is 4.52 Å². The van der Waals surface area contributed by atoms with Crippen LogP contribution >= 0.6 is 23.1 Å². The van der Waals surface area contributed by atoms with Gasteiger partial charge in [-0.2, -0.15) is 0 Å². The van der Waals surface area contributed by atoms with E-state index in [9.17, 15) is 4.79 Å². The van der Waals surface area contributed by atoms with Crippen LogP contribution in [0.5, 0.6) is 0 Å². The van der Waals surface area contributed by atoms with Crippen LogP contribution < -0.4 is 0 Å². The zero-order chi connectivity index (χ0) is 15.5. The lowest BCUT2D eigenvalue weighted by Gasteiger charge is -2.34. The molecule has 118 valence electrons. The first kappa shape index (κ1) is 15.5. The Hall–Kier alpha value is -1.41. The molecule has 8 heteroatoms. The number of nitrogens with zero attached hydrogens (tertiary/aromatic N) is 4. The number of likely N-dealkylation sites (tertiary alicyclic amines) is 1. The molecular weight excluding hydrogens is 320 g/mol. The summed E-state index contributed by atoms with van der Waals surface area (Å²) in [6, 6.07) is 1.97. The summed E-state index contributed by atoms with van der Waals surface area (Å²) >= 11 is 2.97. The second-order valence-corrected chi connectivity index (χ2v) is 7.74. The maximum Gasteiger partial charge on any atom is 0.233 e. The van der Waals surface area contributed by atoms with E-state index in [1.54, 1.807) is 0 Å². The Morgan fingerprint density at radius 2 is 2.32 bits per heavy atom. The Kier molecular flexibility index (Phi) is 4.77. The molecule has 22 heavy (non-hydrogen) atoms. The molecule has 1 aliphatic heterocycles. The first-order valence-corrected chi connectivity index (χ1v) is 9.09. The van der Waals surface area contributed by atoms with Gasteiger partial charge in [-0.1, -0.05) is 28.3 Å². The molecule has 0 aromatic carbocycles. The molecule has 3 rings (SSSR count). The summed E-state index contributed by atoms with van der Waals surface area (Å²) in [5.74, 6) is 1.30. The molecule has 0 bridgehead atoms. The second-order valence-electron chi connectivity index (χ2n) is 5.34. The fourth-order valence-electron chi connectivity index (χ4n) is 2.62. The van der Waals surface area contributed by atoms with Gasteiger partial charge in [0.25, 0.3) is 0 Å². The van der Waals surface area contributed by atoms with Crippen LogP contribution in [0.2, 0.25) is 0 Å². The van der Waals surface area contributed by atoms with Crippen molar-refractivity contribution in [2.24, 2.45) is 0 Å². The van der Waals surface area contributed by atoms with Gasteiger partial charge in [0.1, 0.15) is 16.5 Å². The predicted molar refractivity (Wildman–Crippen MR) is 84.9 cm³/mol. The van der Waals surface area contributed by atoms with Gasteiger partial charge in [0.15, 0.2) is 4.34 Å². The number of hydrogen-bond acceptors (Lipinski definition) is 7. The monoisotopic (exact) mass is 338 g/mol. The summed E-state index contributed by atoms with van der Waals surface area (Å²) in [6.07, 6.45) is 3.10. The van der Waals surface area contributed by atoms with Gasteiger partial charge in [0.05, 0.1) is 11.8 Å². The van der Waals surface area contributed by atoms with E-state index in [1.165, 1.54) is 23.1 Å². The molecule has 1 atom stereocenters. The normalized spacial score (nSPS) is 18.6. The van der Waals surface area contributed by atoms with Crippen LogP contribution in [0.25, 0.3) is 0 Å². The van der Waals surface area contributed by atoms with Crippen LogP contribution in [0.1, 0.15) is 41.8 Å². The summed E-state index contributed by atoms with van der Waals surface area (Å²) in [5, 5.41) is 13.0. The number of carbonyl (C=O) groups excluding carboxylic acids is 1. The fourth-order valence-corrected chi connectivity index (χ4v) is 4.33. The van der Waals surface area contributed by atoms with Crippen molar-refractivity contribution in [3.8, 4) is 0 Å². The van der Waals surface area contributed by atoms with Gasteiger partial charge in [-0.3, -0.25) is 4.79 Å². The summed E-state index contributed by atoms with van der Waals surface area (Å²) < 4.78 is 6.01. The molecule has 0 saturated carbocycles. The van der Waals surface area contributed by atoms with Crippen molar-refractivity contribution in [1.82, 2.24) is 20.3 Å². The van der Waals surface area contributed by atoms with E-state index in [1.807, 2.05) is 24.8 Å². The Morgan fingerprint density at radius 1 is 1.45 bits per heavy atom. The zero-order valence-electron chi connectivity index (χ0n) is 12.6. The lowest BCUT2D eigenvalue weighted by molar-refractivity contribution is -0.132. The van der Waals surface area contributed by atoms with Gasteiger partial charge in [-0.05, 0) is 33.1 Å². The van der Waals surface area contributed by atoms with Gasteiger partial charge in [-0.15, -0.1) is 10.2 Å². The molecule has 1 fully saturated rings. The average Bonchev–Trinajstić information content (AvgIpc) is 3.13. The molecule has 2 aromatic rings. The lowest BCUT2D eigenvalue weighted by Crippen LogP contribution is -2.39. The van der Waals surface area contributed by atoms with Crippen molar-refractivity contribution in [2.75, 3.05) is 12.3 Å². The smallest absolute Gasteiger partial charge is 0.233 e. The predicted octanol–water partition coefficient (Wildman–Crippen LogP) is 2.99. The van der Waals surface area contributed by atoms with Gasteiger partial charge in [0.2, 0.25) is 5.91 Å². The highest BCUT2D eigenvalue weighted by Gasteiger charge is 2.30. The lowest BCUT2D eigenvalue weighted by atomic mass is 9.99. The number of rotatable bonds is 4. The van der Waals surface area contributed by atoms with Crippen LogP contribution in [0.4, 0.5) is 0 Å². The number of thioether (sulfide) groups is 1. The minimum Gasteiger partial charge on any atom is -0.361 e. The van der Waals surface area contributed by atoms with Crippen molar-refractivity contribution in [3.05, 3.63) is 22.5 Å². The van der Waals surface area contributed by atoms with E-state index >= 15 is 0 Å². The third-order valence-corrected chi connectivity index (χ3v) is 5.59. The van der Waals surface area contributed by atoms with Crippen molar-refractivity contribution in [2.45, 2.75) is 43.5 Å². The summed E-state index contributed by atoms with van der Waals surface area (Å²) in [6.45, 7) is 4.57. The van der Waals surface area contributed by atoms with Gasteiger partial charge >= 0.3 is 0 Å². The largest absolute Gasteiger partial charge is 0.361 e. The van der Waals surface area contributed by atoms with Crippen LogP contribution in [0.3, 0.4) is 0 Å². The van der Waals surface area contributed by atoms with Gasteiger partial charge in [0, 0.05) is 12.6 Å². The minimum absolute atomic E-state index is 0.0375. The summed E-state index contributed by atoms with van der Waals surface area (Å²) in [4.78, 5) is 14.5. The van der Waals surface area contributed by atoms with E-state index in [0.29, 0.717) is 5.75 Å². The topological polar surface area (TPSA) is 72.1 Å². The van der Waals surface area contributed by atoms with Gasteiger partial charge < -0.3 is 9.42 Å². The van der Waals surface area contributed by atoms with E-state index in [0.717, 1.165) is 46.6 Å². The van der Waals surface area contributed by atoms with E-state index < -0.39 is 0 Å². The summed E-state index contributed by atoms with van der Waals surface area (Å²) in [5.41, 5.74) is 0.863. The number of piperidine rings is 1. The molecule has 1 saturated heterocycles. The maximum atomic E-state index is 12.6. The van der Waals surface area contributed by atoms with Crippen LogP contribution in [-0.2, 0) is 4.79 Å². The zero-order valence-corrected chi connectivity index (χ0v) is 14.2. The molecule has 0 unspecified atom stereocenters. The SMILES string of the molecule is Cc1cc([C@H]2CCCCN2C(=O)CSc2nnc(C)s2)no1. The fraction of sp³-hybridized carbons (Fsp3) is 0.571. The summed E-state index contributed by atoms with van der Waals surface area (Å²) in [7, 11) is 0. The molecule has 6 nitrogen and oxygen atoms in total. The van der Waals surface area contributed by atoms with E-state index in [2.05, 4.69) is 15.4 Å². The highest BCUT2D eigenvalue weighted by atomic mass is 32.2. The van der Waals surface area contributed by atoms with Crippen molar-refractivity contribution in [3.63, 3.8) is 0 Å². The molecule has 1 amide bonds. The Morgan fingerprint density at radius 3 is 3.00 bits per heavy atom. The first-order valence-electron chi connectivity index (χ1n) is 7.29. The van der Waals surface area contributed by atoms with Gasteiger partial charge in [-0.25, -0.2) is 0 Å². The number of aryl methyl sites for hydroxylation is 2. The van der Waals surface area contributed by atoms with Crippen molar-refractivity contribution < 1.29 is 9.32 Å². The molecule has 1 aliphatic rings. The van der Waals surface area contributed by atoms with Crippen LogP contribution in [-0.4, -0.2) is 38.5 Å². The second kappa shape index (κ2) is 6.78.